The van der Waals surface area contributed by atoms with Crippen LogP contribution in [0.25, 0.3) is 0 Å². The van der Waals surface area contributed by atoms with E-state index >= 15 is 0 Å². The summed E-state index contributed by atoms with van der Waals surface area (Å²) in [6.07, 6.45) is 3.12. The molecule has 0 saturated heterocycles. The molecule has 0 radical (unpaired) electrons. The normalized spacial score (nSPS) is 11.5. The van der Waals surface area contributed by atoms with Crippen molar-refractivity contribution < 1.29 is 14.0 Å². The average molecular weight is 334 g/mol. The third-order valence-electron chi connectivity index (χ3n) is 3.75. The van der Waals surface area contributed by atoms with Gasteiger partial charge in [-0.15, -0.1) is 0 Å². The number of hydrogen-bond donors (Lipinski definition) is 2. The fraction of sp³-hybridized carbons (Fsp3) is 0.100. The molecule has 2 N–H and O–H groups in total. The summed E-state index contributed by atoms with van der Waals surface area (Å²) < 4.78 is 4.99. The maximum atomic E-state index is 12.6. The zero-order chi connectivity index (χ0) is 17.5. The molecule has 126 valence electrons. The molecular formula is C20H18N2O3. The van der Waals surface area contributed by atoms with Crippen LogP contribution in [-0.2, 0) is 11.3 Å². The number of furan rings is 1. The van der Waals surface area contributed by atoms with Crippen molar-refractivity contribution in [2.24, 2.45) is 0 Å². The molecule has 2 aromatic carbocycles. The van der Waals surface area contributed by atoms with Crippen LogP contribution >= 0.6 is 0 Å². The third kappa shape index (κ3) is 4.35. The summed E-state index contributed by atoms with van der Waals surface area (Å²) in [4.78, 5) is 25.1. The number of carbonyl (C=O) groups is 2. The van der Waals surface area contributed by atoms with Crippen LogP contribution in [0.4, 0.5) is 0 Å². The molecule has 1 aromatic heterocycles. The number of amides is 2. The first-order chi connectivity index (χ1) is 12.2. The van der Waals surface area contributed by atoms with Gasteiger partial charge < -0.3 is 15.1 Å². The molecule has 0 spiro atoms. The number of carbonyl (C=O) groups excluding carboxylic acids is 2. The number of hydrogen-bond acceptors (Lipinski definition) is 3. The van der Waals surface area contributed by atoms with Gasteiger partial charge in [-0.05, 0) is 23.8 Å². The Balaban J connectivity index is 1.75. The van der Waals surface area contributed by atoms with Crippen molar-refractivity contribution in [2.45, 2.75) is 12.6 Å². The highest BCUT2D eigenvalue weighted by Crippen LogP contribution is 2.14. The van der Waals surface area contributed by atoms with Crippen molar-refractivity contribution in [3.05, 3.63) is 95.9 Å². The molecule has 1 heterocycles. The summed E-state index contributed by atoms with van der Waals surface area (Å²) in [5.41, 5.74) is 2.08. The van der Waals surface area contributed by atoms with Crippen molar-refractivity contribution in [3.63, 3.8) is 0 Å². The van der Waals surface area contributed by atoms with Crippen LogP contribution in [0.2, 0.25) is 0 Å². The Morgan fingerprint density at radius 1 is 0.920 bits per heavy atom. The molecule has 0 aliphatic heterocycles. The third-order valence-corrected chi connectivity index (χ3v) is 3.75. The lowest BCUT2D eigenvalue weighted by Gasteiger charge is -2.19. The van der Waals surface area contributed by atoms with Gasteiger partial charge in [-0.25, -0.2) is 0 Å². The van der Waals surface area contributed by atoms with Crippen molar-refractivity contribution in [3.8, 4) is 0 Å². The van der Waals surface area contributed by atoms with Crippen LogP contribution in [0.5, 0.6) is 0 Å². The number of rotatable bonds is 6. The zero-order valence-electron chi connectivity index (χ0n) is 13.5. The van der Waals surface area contributed by atoms with E-state index in [1.165, 1.54) is 0 Å². The van der Waals surface area contributed by atoms with Crippen LogP contribution in [0.3, 0.4) is 0 Å². The van der Waals surface area contributed by atoms with E-state index in [0.717, 1.165) is 11.1 Å². The molecule has 5 heteroatoms. The van der Waals surface area contributed by atoms with Gasteiger partial charge in [0.05, 0.1) is 12.5 Å². The number of benzene rings is 2. The highest BCUT2D eigenvalue weighted by atomic mass is 16.3. The Morgan fingerprint density at radius 2 is 1.60 bits per heavy atom. The molecule has 1 atom stereocenters. The molecule has 25 heavy (non-hydrogen) atoms. The van der Waals surface area contributed by atoms with Gasteiger partial charge in [0.25, 0.3) is 5.91 Å². The Labute approximate surface area is 145 Å². The lowest BCUT2D eigenvalue weighted by molar-refractivity contribution is -0.123. The van der Waals surface area contributed by atoms with Gasteiger partial charge >= 0.3 is 0 Å². The van der Waals surface area contributed by atoms with Crippen molar-refractivity contribution in [2.75, 3.05) is 0 Å². The predicted octanol–water partition coefficient (Wildman–Crippen LogP) is 3.07. The molecule has 2 amide bonds. The van der Waals surface area contributed by atoms with Crippen LogP contribution in [0, 0.1) is 0 Å². The first-order valence-corrected chi connectivity index (χ1v) is 7.93. The predicted molar refractivity (Wildman–Crippen MR) is 93.6 cm³/mol. The summed E-state index contributed by atoms with van der Waals surface area (Å²) in [7, 11) is 0. The van der Waals surface area contributed by atoms with Crippen molar-refractivity contribution in [1.29, 1.82) is 0 Å². The zero-order valence-corrected chi connectivity index (χ0v) is 13.5. The quantitative estimate of drug-likeness (QED) is 0.728. The second kappa shape index (κ2) is 7.97. The lowest BCUT2D eigenvalue weighted by Crippen LogP contribution is -2.40. The molecule has 0 aliphatic carbocycles. The van der Waals surface area contributed by atoms with Gasteiger partial charge in [-0.2, -0.15) is 0 Å². The van der Waals surface area contributed by atoms with E-state index < -0.39 is 6.04 Å². The van der Waals surface area contributed by atoms with Crippen molar-refractivity contribution in [1.82, 2.24) is 10.6 Å². The van der Waals surface area contributed by atoms with E-state index in [2.05, 4.69) is 10.6 Å². The largest absolute Gasteiger partial charge is 0.472 e. The minimum atomic E-state index is -0.777. The van der Waals surface area contributed by atoms with Gasteiger partial charge in [-0.1, -0.05) is 48.5 Å². The van der Waals surface area contributed by atoms with Gasteiger partial charge in [0.15, 0.2) is 0 Å². The molecule has 0 unspecified atom stereocenters. The van der Waals surface area contributed by atoms with Crippen LogP contribution in [0.15, 0.2) is 83.7 Å². The molecule has 0 fully saturated rings. The summed E-state index contributed by atoms with van der Waals surface area (Å²) in [5.74, 6) is -0.579. The maximum absolute atomic E-state index is 12.6. The lowest BCUT2D eigenvalue weighted by atomic mass is 10.1. The topological polar surface area (TPSA) is 71.3 Å². The molecule has 0 bridgehead atoms. The van der Waals surface area contributed by atoms with Gasteiger partial charge in [0.2, 0.25) is 5.91 Å². The molecule has 3 rings (SSSR count). The van der Waals surface area contributed by atoms with E-state index in [1.54, 1.807) is 42.9 Å². The average Bonchev–Trinajstić information content (AvgIpc) is 3.19. The Hall–Kier alpha value is -3.34. The number of nitrogens with one attached hydrogen (secondary N) is 2. The van der Waals surface area contributed by atoms with E-state index in [9.17, 15) is 9.59 Å². The molecule has 3 aromatic rings. The monoisotopic (exact) mass is 334 g/mol. The van der Waals surface area contributed by atoms with Gasteiger partial charge in [0, 0.05) is 17.7 Å². The first kappa shape index (κ1) is 16.5. The SMILES string of the molecule is O=C(N[C@@H](C(=O)NCc1ccoc1)c1ccccc1)c1ccccc1. The summed E-state index contributed by atoms with van der Waals surface area (Å²) in [5, 5.41) is 5.63. The second-order valence-electron chi connectivity index (χ2n) is 5.53. The second-order valence-corrected chi connectivity index (χ2v) is 5.53. The van der Waals surface area contributed by atoms with Crippen LogP contribution in [0.1, 0.15) is 27.5 Å². The fourth-order valence-corrected chi connectivity index (χ4v) is 2.43. The highest BCUT2D eigenvalue weighted by molar-refractivity contribution is 5.97. The van der Waals surface area contributed by atoms with Crippen LogP contribution < -0.4 is 10.6 Å². The maximum Gasteiger partial charge on any atom is 0.252 e. The van der Waals surface area contributed by atoms with Gasteiger partial charge in [-0.3, -0.25) is 9.59 Å². The standard InChI is InChI=1S/C20H18N2O3/c23-19(17-9-5-2-6-10-17)22-18(16-7-3-1-4-8-16)20(24)21-13-15-11-12-25-14-15/h1-12,14,18H,13H2,(H,21,24)(H,22,23)/t18-/m1/s1. The Bertz CT molecular complexity index is 815. The minimum absolute atomic E-state index is 0.281. The van der Waals surface area contributed by atoms with E-state index in [1.807, 2.05) is 36.4 Å². The van der Waals surface area contributed by atoms with Crippen LogP contribution in [-0.4, -0.2) is 11.8 Å². The molecule has 0 saturated carbocycles. The van der Waals surface area contributed by atoms with E-state index in [0.29, 0.717) is 12.1 Å². The molecule has 0 aliphatic rings. The Morgan fingerprint density at radius 3 is 2.24 bits per heavy atom. The smallest absolute Gasteiger partial charge is 0.252 e. The van der Waals surface area contributed by atoms with E-state index in [-0.39, 0.29) is 11.8 Å². The molecular weight excluding hydrogens is 316 g/mol. The summed E-state index contributed by atoms with van der Waals surface area (Å²) in [6, 6.07) is 19.0. The first-order valence-electron chi connectivity index (χ1n) is 7.93. The summed E-state index contributed by atoms with van der Waals surface area (Å²) in [6.45, 7) is 0.333. The molecule has 5 nitrogen and oxygen atoms in total. The van der Waals surface area contributed by atoms with E-state index in [4.69, 9.17) is 4.42 Å². The Kier molecular flexibility index (Phi) is 5.26. The van der Waals surface area contributed by atoms with Gasteiger partial charge in [0.1, 0.15) is 6.04 Å². The summed E-state index contributed by atoms with van der Waals surface area (Å²) >= 11 is 0. The van der Waals surface area contributed by atoms with Crippen molar-refractivity contribution >= 4 is 11.8 Å². The highest BCUT2D eigenvalue weighted by Gasteiger charge is 2.23. The fourth-order valence-electron chi connectivity index (χ4n) is 2.43. The minimum Gasteiger partial charge on any atom is -0.472 e.